The van der Waals surface area contributed by atoms with Gasteiger partial charge >= 0.3 is 16.8 Å². The molecule has 11 heteroatoms. The van der Waals surface area contributed by atoms with Crippen LogP contribution < -0.4 is 10.3 Å². The largest absolute Gasteiger partial charge is 0.478 e. The van der Waals surface area contributed by atoms with Crippen molar-refractivity contribution in [1.82, 2.24) is 9.99 Å². The number of rotatable bonds is 8. The van der Waals surface area contributed by atoms with Gasteiger partial charge in [0.05, 0.1) is 35.4 Å². The molecule has 9 nitrogen and oxygen atoms in total. The van der Waals surface area contributed by atoms with Crippen LogP contribution in [0.15, 0.2) is 58.4 Å². The fourth-order valence-electron chi connectivity index (χ4n) is 2.79. The minimum Gasteiger partial charge on any atom is -0.478 e. The number of carbonyl (C=O) groups excluding carboxylic acids is 2. The average Bonchev–Trinajstić information content (AvgIpc) is 3.07. The first kappa shape index (κ1) is 23.9. The molecule has 0 unspecified atom stereocenters. The van der Waals surface area contributed by atoms with Crippen LogP contribution in [-0.4, -0.2) is 40.3 Å². The van der Waals surface area contributed by atoms with Gasteiger partial charge < -0.3 is 9.84 Å². The summed E-state index contributed by atoms with van der Waals surface area (Å²) in [6, 6.07) is 12.1. The summed E-state index contributed by atoms with van der Waals surface area (Å²) in [6.45, 7) is 2.04. The standard InChI is InChI=1S/C22H18ClN3O6S/c1-2-32-21(30)15-8-6-14(7-9-15)19(27)25-24-11-17-18(23)26(22(31)33-17)12-13-4-3-5-16(10-13)20(28)29/h3-11H,2,12H2,1H3,(H,25,27)(H,28,29)/b24-11-. The highest BCUT2D eigenvalue weighted by molar-refractivity contribution is 7.11. The van der Waals surface area contributed by atoms with Crippen molar-refractivity contribution < 1.29 is 24.2 Å². The Balaban J connectivity index is 1.68. The topological polar surface area (TPSA) is 127 Å². The number of hydrogen-bond acceptors (Lipinski definition) is 7. The van der Waals surface area contributed by atoms with Crippen LogP contribution in [0.5, 0.6) is 0 Å². The number of ether oxygens (including phenoxy) is 1. The lowest BCUT2D eigenvalue weighted by molar-refractivity contribution is 0.0525. The Morgan fingerprint density at radius 1 is 1.15 bits per heavy atom. The highest BCUT2D eigenvalue weighted by Crippen LogP contribution is 2.19. The quantitative estimate of drug-likeness (QED) is 0.285. The third kappa shape index (κ3) is 5.93. The van der Waals surface area contributed by atoms with Gasteiger partial charge in [-0.2, -0.15) is 5.10 Å². The van der Waals surface area contributed by atoms with Crippen molar-refractivity contribution in [2.45, 2.75) is 13.5 Å². The molecule has 33 heavy (non-hydrogen) atoms. The van der Waals surface area contributed by atoms with Gasteiger partial charge in [0.1, 0.15) is 5.15 Å². The number of carbonyl (C=O) groups is 3. The molecule has 0 spiro atoms. The summed E-state index contributed by atoms with van der Waals surface area (Å²) in [6.07, 6.45) is 1.25. The number of carboxylic acids is 1. The molecule has 0 saturated carbocycles. The van der Waals surface area contributed by atoms with Gasteiger partial charge in [0.15, 0.2) is 0 Å². The number of benzene rings is 2. The minimum atomic E-state index is -1.07. The first-order valence-electron chi connectivity index (χ1n) is 9.62. The van der Waals surface area contributed by atoms with E-state index in [1.807, 2.05) is 0 Å². The summed E-state index contributed by atoms with van der Waals surface area (Å²) in [7, 11) is 0. The zero-order chi connectivity index (χ0) is 24.0. The van der Waals surface area contributed by atoms with E-state index in [0.717, 1.165) is 11.3 Å². The molecule has 0 atom stereocenters. The van der Waals surface area contributed by atoms with Crippen LogP contribution in [0.3, 0.4) is 0 Å². The third-order valence-electron chi connectivity index (χ3n) is 4.38. The van der Waals surface area contributed by atoms with Gasteiger partial charge in [-0.05, 0) is 48.9 Å². The number of amides is 1. The number of nitrogens with one attached hydrogen (secondary N) is 1. The van der Waals surface area contributed by atoms with Gasteiger partial charge in [-0.25, -0.2) is 15.0 Å². The summed E-state index contributed by atoms with van der Waals surface area (Å²) >= 11 is 7.13. The molecule has 0 aliphatic rings. The Hall–Kier alpha value is -3.76. The van der Waals surface area contributed by atoms with E-state index < -0.39 is 17.8 Å². The predicted molar refractivity (Wildman–Crippen MR) is 124 cm³/mol. The normalized spacial score (nSPS) is 10.8. The zero-order valence-corrected chi connectivity index (χ0v) is 18.9. The van der Waals surface area contributed by atoms with E-state index in [-0.39, 0.29) is 34.3 Å². The average molecular weight is 488 g/mol. The number of halogens is 1. The molecule has 3 rings (SSSR count). The van der Waals surface area contributed by atoms with Gasteiger partial charge in [0, 0.05) is 5.56 Å². The molecule has 0 fully saturated rings. The Kier molecular flexibility index (Phi) is 7.75. The molecule has 2 N–H and O–H groups in total. The molecule has 0 bridgehead atoms. The van der Waals surface area contributed by atoms with Crippen LogP contribution in [0, 0.1) is 0 Å². The van der Waals surface area contributed by atoms with Crippen LogP contribution >= 0.6 is 22.9 Å². The fraction of sp³-hybridized carbons (Fsp3) is 0.136. The summed E-state index contributed by atoms with van der Waals surface area (Å²) in [4.78, 5) is 47.3. The smallest absolute Gasteiger partial charge is 0.338 e. The van der Waals surface area contributed by atoms with E-state index >= 15 is 0 Å². The second-order valence-corrected chi connectivity index (χ2v) is 7.96. The lowest BCUT2D eigenvalue weighted by Gasteiger charge is -2.05. The number of carboxylic acid groups (broad SMARTS) is 1. The second kappa shape index (κ2) is 10.7. The third-order valence-corrected chi connectivity index (χ3v) is 5.81. The molecule has 0 saturated heterocycles. The number of nitrogens with zero attached hydrogens (tertiary/aromatic N) is 2. The first-order chi connectivity index (χ1) is 15.8. The van der Waals surface area contributed by atoms with E-state index in [2.05, 4.69) is 10.5 Å². The van der Waals surface area contributed by atoms with Gasteiger partial charge in [-0.3, -0.25) is 14.2 Å². The number of esters is 1. The summed E-state index contributed by atoms with van der Waals surface area (Å²) in [5.41, 5.74) is 3.63. The maximum absolute atomic E-state index is 12.3. The minimum absolute atomic E-state index is 0.0856. The summed E-state index contributed by atoms with van der Waals surface area (Å²) in [5, 5.41) is 13.1. The highest BCUT2D eigenvalue weighted by atomic mass is 35.5. The fourth-order valence-corrected chi connectivity index (χ4v) is 3.89. The first-order valence-corrected chi connectivity index (χ1v) is 10.8. The molecule has 2 aromatic carbocycles. The number of hydrazone groups is 1. The van der Waals surface area contributed by atoms with Gasteiger partial charge in [0.2, 0.25) is 0 Å². The molecule has 0 aliphatic heterocycles. The van der Waals surface area contributed by atoms with Crippen molar-refractivity contribution in [1.29, 1.82) is 0 Å². The molecule has 1 heterocycles. The lowest BCUT2D eigenvalue weighted by atomic mass is 10.1. The van der Waals surface area contributed by atoms with Gasteiger partial charge in [-0.1, -0.05) is 35.1 Å². The van der Waals surface area contributed by atoms with Gasteiger partial charge in [0.25, 0.3) is 5.91 Å². The van der Waals surface area contributed by atoms with E-state index in [1.54, 1.807) is 19.1 Å². The van der Waals surface area contributed by atoms with E-state index in [9.17, 15) is 19.2 Å². The van der Waals surface area contributed by atoms with Crippen LogP contribution in [0.1, 0.15) is 48.4 Å². The van der Waals surface area contributed by atoms with E-state index in [1.165, 1.54) is 47.2 Å². The molecule has 0 aliphatic carbocycles. The summed E-state index contributed by atoms with van der Waals surface area (Å²) < 4.78 is 6.17. The van der Waals surface area contributed by atoms with Crippen LogP contribution in [0.2, 0.25) is 5.15 Å². The molecular weight excluding hydrogens is 470 g/mol. The Morgan fingerprint density at radius 2 is 1.85 bits per heavy atom. The maximum atomic E-state index is 12.3. The van der Waals surface area contributed by atoms with Crippen molar-refractivity contribution in [2.24, 2.45) is 5.10 Å². The summed E-state index contributed by atoms with van der Waals surface area (Å²) in [5.74, 6) is -2.07. The second-order valence-electron chi connectivity index (χ2n) is 6.61. The predicted octanol–water partition coefficient (Wildman–Crippen LogP) is 3.25. The number of aromatic nitrogens is 1. The van der Waals surface area contributed by atoms with Crippen LogP contribution in [-0.2, 0) is 11.3 Å². The molecular formula is C22H18ClN3O6S. The van der Waals surface area contributed by atoms with Crippen LogP contribution in [0.25, 0.3) is 0 Å². The molecule has 170 valence electrons. The lowest BCUT2D eigenvalue weighted by Crippen LogP contribution is -2.17. The highest BCUT2D eigenvalue weighted by Gasteiger charge is 2.14. The Labute approximate surface area is 196 Å². The molecule has 1 aromatic heterocycles. The number of thiazole rings is 1. The SMILES string of the molecule is CCOC(=O)c1ccc(C(=O)N/N=C\c2sc(=O)n(Cc3cccc(C(=O)O)c3)c2Cl)cc1. The van der Waals surface area contributed by atoms with Crippen molar-refractivity contribution in [3.05, 3.63) is 90.5 Å². The molecule has 1 amide bonds. The van der Waals surface area contributed by atoms with Crippen molar-refractivity contribution in [2.75, 3.05) is 6.61 Å². The molecule has 3 aromatic rings. The molecule has 0 radical (unpaired) electrons. The maximum Gasteiger partial charge on any atom is 0.338 e. The van der Waals surface area contributed by atoms with Gasteiger partial charge in [-0.15, -0.1) is 0 Å². The van der Waals surface area contributed by atoms with E-state index in [0.29, 0.717) is 16.0 Å². The van der Waals surface area contributed by atoms with Crippen molar-refractivity contribution >= 4 is 47.0 Å². The number of aromatic carboxylic acids is 1. The Bertz CT molecular complexity index is 1280. The number of hydrogen-bond donors (Lipinski definition) is 2. The van der Waals surface area contributed by atoms with E-state index in [4.69, 9.17) is 21.4 Å². The monoisotopic (exact) mass is 487 g/mol. The van der Waals surface area contributed by atoms with Crippen molar-refractivity contribution in [3.8, 4) is 0 Å². The van der Waals surface area contributed by atoms with Crippen LogP contribution in [0.4, 0.5) is 0 Å². The Morgan fingerprint density at radius 3 is 2.52 bits per heavy atom. The van der Waals surface area contributed by atoms with Crippen molar-refractivity contribution in [3.63, 3.8) is 0 Å². The zero-order valence-electron chi connectivity index (χ0n) is 17.3.